The Morgan fingerprint density at radius 1 is 1.26 bits per heavy atom. The summed E-state index contributed by atoms with van der Waals surface area (Å²) in [4.78, 5) is 19.8. The molecule has 0 saturated heterocycles. The third-order valence-electron chi connectivity index (χ3n) is 4.53. The fourth-order valence-electron chi connectivity index (χ4n) is 3.11. The van der Waals surface area contributed by atoms with Crippen LogP contribution in [0.5, 0.6) is 5.88 Å². The molecule has 1 N–H and O–H groups in total. The number of hydrogen-bond donors (Lipinski definition) is 1. The number of ether oxygens (including phenoxy) is 1. The van der Waals surface area contributed by atoms with Crippen molar-refractivity contribution in [3.05, 3.63) is 47.8 Å². The van der Waals surface area contributed by atoms with Crippen LogP contribution in [0.1, 0.15) is 49.8 Å². The Morgan fingerprint density at radius 3 is 2.52 bits per heavy atom. The van der Waals surface area contributed by atoms with Gasteiger partial charge in [0.25, 0.3) is 0 Å². The van der Waals surface area contributed by atoms with E-state index in [1.165, 1.54) is 30.5 Å². The summed E-state index contributed by atoms with van der Waals surface area (Å²) in [7, 11) is -3.75. The van der Waals surface area contributed by atoms with Crippen LogP contribution in [0.15, 0.2) is 41.7 Å². The third kappa shape index (κ3) is 5.93. The summed E-state index contributed by atoms with van der Waals surface area (Å²) in [5.74, 6) is -0.630. The number of aromatic nitrogens is 2. The second-order valence-electron chi connectivity index (χ2n) is 7.79. The van der Waals surface area contributed by atoms with Gasteiger partial charge in [0.05, 0.1) is 5.75 Å². The van der Waals surface area contributed by atoms with E-state index >= 15 is 0 Å². The Kier molecular flexibility index (Phi) is 6.54. The van der Waals surface area contributed by atoms with Crippen LogP contribution >= 0.6 is 0 Å². The fraction of sp³-hybridized carbons (Fsp3) is 0.450. The Labute approximate surface area is 178 Å². The molecule has 0 aromatic carbocycles. The van der Waals surface area contributed by atoms with Gasteiger partial charge in [-0.2, -0.15) is 13.2 Å². The normalized spacial score (nSPS) is 15.5. The van der Waals surface area contributed by atoms with E-state index in [1.54, 1.807) is 19.2 Å². The zero-order valence-electron chi connectivity index (χ0n) is 16.9. The average molecular weight is 457 g/mol. The number of carbonyl (C=O) groups excluding carboxylic acids is 1. The largest absolute Gasteiger partial charge is 0.414 e. The molecule has 1 amide bonds. The maximum Gasteiger partial charge on any atom is 0.414 e. The second kappa shape index (κ2) is 8.81. The van der Waals surface area contributed by atoms with Gasteiger partial charge in [0, 0.05) is 24.0 Å². The van der Waals surface area contributed by atoms with Crippen LogP contribution in [0.3, 0.4) is 0 Å². The van der Waals surface area contributed by atoms with Crippen molar-refractivity contribution in [1.82, 2.24) is 15.3 Å². The minimum atomic E-state index is -4.79. The summed E-state index contributed by atoms with van der Waals surface area (Å²) in [6.45, 7) is 3.50. The number of amides is 1. The van der Waals surface area contributed by atoms with E-state index in [9.17, 15) is 26.4 Å². The van der Waals surface area contributed by atoms with Gasteiger partial charge in [-0.3, -0.25) is 4.98 Å². The SMILES string of the molecule is CC(C)CS(=O)(=O)c1nc(OC(=O)N[C@@H](c2cccnc2)C(F)(F)F)ccc1C1CC1. The number of pyridine rings is 2. The zero-order chi connectivity index (χ0) is 22.8. The molecule has 0 aliphatic heterocycles. The lowest BCUT2D eigenvalue weighted by Crippen LogP contribution is -2.39. The number of sulfone groups is 1. The lowest BCUT2D eigenvalue weighted by molar-refractivity contribution is -0.155. The van der Waals surface area contributed by atoms with Crippen LogP contribution in [0.2, 0.25) is 0 Å². The first-order valence-electron chi connectivity index (χ1n) is 9.66. The average Bonchev–Trinajstić information content (AvgIpc) is 3.50. The van der Waals surface area contributed by atoms with Gasteiger partial charge in [0.15, 0.2) is 20.9 Å². The van der Waals surface area contributed by atoms with Crippen LogP contribution in [0, 0.1) is 5.92 Å². The molecule has 1 fully saturated rings. The van der Waals surface area contributed by atoms with E-state index in [2.05, 4.69) is 9.97 Å². The molecule has 0 spiro atoms. The maximum atomic E-state index is 13.4. The van der Waals surface area contributed by atoms with Gasteiger partial charge in [-0.05, 0) is 36.3 Å². The van der Waals surface area contributed by atoms with Crippen molar-refractivity contribution in [2.45, 2.75) is 49.9 Å². The lowest BCUT2D eigenvalue weighted by atomic mass is 10.1. The van der Waals surface area contributed by atoms with E-state index in [-0.39, 0.29) is 28.2 Å². The van der Waals surface area contributed by atoms with Crippen LogP contribution in [0.4, 0.5) is 18.0 Å². The number of alkyl halides is 3. The maximum absolute atomic E-state index is 13.4. The minimum Gasteiger partial charge on any atom is -0.391 e. The van der Waals surface area contributed by atoms with Gasteiger partial charge in [-0.15, -0.1) is 0 Å². The molecule has 2 aromatic heterocycles. The predicted molar refractivity (Wildman–Crippen MR) is 105 cm³/mol. The molecule has 1 saturated carbocycles. The summed E-state index contributed by atoms with van der Waals surface area (Å²) >= 11 is 0. The molecular weight excluding hydrogens is 435 g/mol. The molecule has 31 heavy (non-hydrogen) atoms. The van der Waals surface area contributed by atoms with Crippen molar-refractivity contribution in [2.24, 2.45) is 5.92 Å². The fourth-order valence-corrected chi connectivity index (χ4v) is 4.96. The highest BCUT2D eigenvalue weighted by atomic mass is 32.2. The van der Waals surface area contributed by atoms with E-state index in [0.717, 1.165) is 19.0 Å². The van der Waals surface area contributed by atoms with Crippen molar-refractivity contribution in [1.29, 1.82) is 0 Å². The molecule has 168 valence electrons. The number of hydrogen-bond acceptors (Lipinski definition) is 6. The van der Waals surface area contributed by atoms with Crippen molar-refractivity contribution >= 4 is 15.9 Å². The molecular formula is C20H22F3N3O4S. The Hall–Kier alpha value is -2.69. The monoisotopic (exact) mass is 457 g/mol. The highest BCUT2D eigenvalue weighted by molar-refractivity contribution is 7.91. The topological polar surface area (TPSA) is 98.3 Å². The highest BCUT2D eigenvalue weighted by Crippen LogP contribution is 2.43. The van der Waals surface area contributed by atoms with Crippen LogP contribution in [0.25, 0.3) is 0 Å². The number of rotatable bonds is 7. The first kappa shape index (κ1) is 23.0. The molecule has 11 heteroatoms. The molecule has 2 aromatic rings. The minimum absolute atomic E-state index is 0.0625. The van der Waals surface area contributed by atoms with Gasteiger partial charge in [0.1, 0.15) is 0 Å². The van der Waals surface area contributed by atoms with Crippen molar-refractivity contribution in [3.8, 4) is 5.88 Å². The molecule has 1 aliphatic rings. The predicted octanol–water partition coefficient (Wildman–Crippen LogP) is 4.18. The van der Waals surface area contributed by atoms with Gasteiger partial charge < -0.3 is 10.1 Å². The van der Waals surface area contributed by atoms with Gasteiger partial charge >= 0.3 is 12.3 Å². The van der Waals surface area contributed by atoms with E-state index in [4.69, 9.17) is 4.74 Å². The molecule has 0 bridgehead atoms. The smallest absolute Gasteiger partial charge is 0.391 e. The molecule has 3 rings (SSSR count). The summed E-state index contributed by atoms with van der Waals surface area (Å²) in [5.41, 5.74) is 0.265. The Balaban J connectivity index is 1.83. The molecule has 0 radical (unpaired) electrons. The molecule has 7 nitrogen and oxygen atoms in total. The van der Waals surface area contributed by atoms with Crippen LogP contribution in [-0.4, -0.2) is 36.4 Å². The first-order valence-corrected chi connectivity index (χ1v) is 11.3. The number of nitrogens with one attached hydrogen (secondary N) is 1. The van der Waals surface area contributed by atoms with Crippen molar-refractivity contribution in [2.75, 3.05) is 5.75 Å². The summed E-state index contributed by atoms with van der Waals surface area (Å²) in [6.07, 6.45) is -2.27. The third-order valence-corrected chi connectivity index (χ3v) is 6.55. The lowest BCUT2D eigenvalue weighted by Gasteiger charge is -2.21. The molecule has 1 aliphatic carbocycles. The zero-order valence-corrected chi connectivity index (χ0v) is 17.7. The van der Waals surface area contributed by atoms with Gasteiger partial charge in [-0.1, -0.05) is 26.0 Å². The number of halogens is 3. The van der Waals surface area contributed by atoms with Crippen LogP contribution < -0.4 is 10.1 Å². The standard InChI is InChI=1S/C20H22F3N3O4S/c1-12(2)11-31(28,29)18-15(13-5-6-13)7-8-16(25-18)30-19(27)26-17(20(21,22)23)14-4-3-9-24-10-14/h3-4,7-10,12-13,17H,5-6,11H2,1-2H3,(H,26,27)/t17-/m0/s1. The van der Waals surface area contributed by atoms with E-state index < -0.39 is 34.0 Å². The Bertz CT molecular complexity index is 1040. The summed E-state index contributed by atoms with van der Waals surface area (Å²) in [6, 6.07) is 2.93. The van der Waals surface area contributed by atoms with Gasteiger partial charge in [-0.25, -0.2) is 18.2 Å². The molecule has 1 atom stereocenters. The van der Waals surface area contributed by atoms with Crippen LogP contribution in [-0.2, 0) is 9.84 Å². The number of nitrogens with zero attached hydrogens (tertiary/aromatic N) is 2. The molecule has 2 heterocycles. The number of carbonyl (C=O) groups is 1. The second-order valence-corrected chi connectivity index (χ2v) is 9.74. The van der Waals surface area contributed by atoms with E-state index in [1.807, 2.05) is 0 Å². The quantitative estimate of drug-likeness (QED) is 0.670. The van der Waals surface area contributed by atoms with Gasteiger partial charge in [0.2, 0.25) is 5.88 Å². The summed E-state index contributed by atoms with van der Waals surface area (Å²) in [5, 5.41) is 1.56. The summed E-state index contributed by atoms with van der Waals surface area (Å²) < 4.78 is 70.6. The van der Waals surface area contributed by atoms with E-state index in [0.29, 0.717) is 5.56 Å². The Morgan fingerprint density at radius 2 is 1.97 bits per heavy atom. The highest BCUT2D eigenvalue weighted by Gasteiger charge is 2.42. The first-order chi connectivity index (χ1) is 14.5. The van der Waals surface area contributed by atoms with Crippen molar-refractivity contribution < 1.29 is 31.1 Å². The molecule has 0 unspecified atom stereocenters. The van der Waals surface area contributed by atoms with Crippen molar-refractivity contribution in [3.63, 3.8) is 0 Å².